The molecular formula is C17H19N3O2S. The Balaban J connectivity index is 1.71. The van der Waals surface area contributed by atoms with Gasteiger partial charge in [0.25, 0.3) is 5.56 Å². The van der Waals surface area contributed by atoms with Crippen LogP contribution >= 0.6 is 11.8 Å². The zero-order valence-electron chi connectivity index (χ0n) is 13.3. The number of para-hydroxylation sites is 1. The van der Waals surface area contributed by atoms with Gasteiger partial charge in [-0.2, -0.15) is 0 Å². The van der Waals surface area contributed by atoms with Crippen LogP contribution in [-0.4, -0.2) is 28.2 Å². The summed E-state index contributed by atoms with van der Waals surface area (Å²) in [6, 6.07) is 7.98. The fourth-order valence-electron chi connectivity index (χ4n) is 2.77. The van der Waals surface area contributed by atoms with Gasteiger partial charge in [-0.25, -0.2) is 4.98 Å². The van der Waals surface area contributed by atoms with Gasteiger partial charge in [0, 0.05) is 17.8 Å². The lowest BCUT2D eigenvalue weighted by Gasteiger charge is -2.16. The molecule has 1 amide bonds. The fourth-order valence-corrected chi connectivity index (χ4v) is 3.53. The predicted octanol–water partition coefficient (Wildman–Crippen LogP) is 2.32. The molecule has 1 aromatic heterocycles. The third-order valence-electron chi connectivity index (χ3n) is 4.09. The molecular weight excluding hydrogens is 310 g/mol. The van der Waals surface area contributed by atoms with Crippen LogP contribution in [0.25, 0.3) is 0 Å². The third kappa shape index (κ3) is 3.17. The molecule has 2 heterocycles. The number of rotatable bonds is 4. The third-order valence-corrected chi connectivity index (χ3v) is 4.94. The van der Waals surface area contributed by atoms with Crippen molar-refractivity contribution in [2.24, 2.45) is 0 Å². The van der Waals surface area contributed by atoms with Gasteiger partial charge in [0.15, 0.2) is 5.16 Å². The SMILES string of the molecule is CCc1nc(SCC(=O)N2CCc3ccccc32)[nH]c(=O)c1C. The quantitative estimate of drug-likeness (QED) is 0.690. The number of anilines is 1. The standard InChI is InChI=1S/C17H19N3O2S/c1-3-13-11(2)16(22)19-17(18-13)23-10-15(21)20-9-8-12-6-4-5-7-14(12)20/h4-7H,3,8-10H2,1-2H3,(H,18,19,22). The molecule has 0 saturated heterocycles. The minimum atomic E-state index is -0.127. The topological polar surface area (TPSA) is 66.1 Å². The lowest BCUT2D eigenvalue weighted by Crippen LogP contribution is -2.30. The van der Waals surface area contributed by atoms with Crippen molar-refractivity contribution in [3.8, 4) is 0 Å². The van der Waals surface area contributed by atoms with Gasteiger partial charge in [-0.15, -0.1) is 0 Å². The average Bonchev–Trinajstić information content (AvgIpc) is 2.99. The zero-order valence-corrected chi connectivity index (χ0v) is 14.1. The molecule has 3 rings (SSSR count). The van der Waals surface area contributed by atoms with Gasteiger partial charge in [0.2, 0.25) is 5.91 Å². The number of hydrogen-bond acceptors (Lipinski definition) is 4. The first-order valence-electron chi connectivity index (χ1n) is 7.71. The van der Waals surface area contributed by atoms with Crippen LogP contribution in [0.3, 0.4) is 0 Å². The highest BCUT2D eigenvalue weighted by molar-refractivity contribution is 7.99. The van der Waals surface area contributed by atoms with Crippen molar-refractivity contribution in [1.82, 2.24) is 9.97 Å². The summed E-state index contributed by atoms with van der Waals surface area (Å²) in [4.78, 5) is 33.3. The minimum absolute atomic E-state index is 0.0428. The Labute approximate surface area is 139 Å². The van der Waals surface area contributed by atoms with Gasteiger partial charge in [0.05, 0.1) is 11.4 Å². The monoisotopic (exact) mass is 329 g/mol. The van der Waals surface area contributed by atoms with E-state index in [2.05, 4.69) is 16.0 Å². The summed E-state index contributed by atoms with van der Waals surface area (Å²) in [7, 11) is 0. The van der Waals surface area contributed by atoms with Gasteiger partial charge in [-0.05, 0) is 31.4 Å². The first kappa shape index (κ1) is 15.8. The summed E-state index contributed by atoms with van der Waals surface area (Å²) in [5.41, 5.74) is 3.52. The molecule has 1 N–H and O–H groups in total. The molecule has 1 aliphatic heterocycles. The highest BCUT2D eigenvalue weighted by Crippen LogP contribution is 2.28. The Morgan fingerprint density at radius 3 is 2.96 bits per heavy atom. The minimum Gasteiger partial charge on any atom is -0.311 e. The lowest BCUT2D eigenvalue weighted by atomic mass is 10.2. The van der Waals surface area contributed by atoms with Gasteiger partial charge >= 0.3 is 0 Å². The second-order valence-corrected chi connectivity index (χ2v) is 6.47. The Bertz CT molecular complexity index is 801. The van der Waals surface area contributed by atoms with E-state index in [1.165, 1.54) is 17.3 Å². The number of aromatic nitrogens is 2. The summed E-state index contributed by atoms with van der Waals surface area (Å²) >= 11 is 1.28. The smallest absolute Gasteiger partial charge is 0.254 e. The number of H-pyrrole nitrogens is 1. The molecule has 120 valence electrons. The number of carbonyl (C=O) groups is 1. The number of aryl methyl sites for hydroxylation is 1. The van der Waals surface area contributed by atoms with Gasteiger partial charge in [-0.1, -0.05) is 36.9 Å². The highest BCUT2D eigenvalue weighted by Gasteiger charge is 2.24. The first-order valence-corrected chi connectivity index (χ1v) is 8.69. The molecule has 1 aliphatic rings. The predicted molar refractivity (Wildman–Crippen MR) is 92.2 cm³/mol. The Kier molecular flexibility index (Phi) is 4.52. The first-order chi connectivity index (χ1) is 11.1. The lowest BCUT2D eigenvalue weighted by molar-refractivity contribution is -0.116. The van der Waals surface area contributed by atoms with E-state index in [1.54, 1.807) is 6.92 Å². The number of carbonyl (C=O) groups excluding carboxylic acids is 1. The van der Waals surface area contributed by atoms with Crippen LogP contribution in [0.5, 0.6) is 0 Å². The number of thioether (sulfide) groups is 1. The number of aromatic amines is 1. The maximum absolute atomic E-state index is 12.5. The van der Waals surface area contributed by atoms with E-state index in [1.807, 2.05) is 30.0 Å². The van der Waals surface area contributed by atoms with Crippen molar-refractivity contribution in [3.05, 3.63) is 51.4 Å². The van der Waals surface area contributed by atoms with Crippen molar-refractivity contribution in [2.75, 3.05) is 17.2 Å². The molecule has 0 radical (unpaired) electrons. The van der Waals surface area contributed by atoms with E-state index >= 15 is 0 Å². The van der Waals surface area contributed by atoms with Crippen LogP contribution in [0.1, 0.15) is 23.7 Å². The van der Waals surface area contributed by atoms with E-state index in [-0.39, 0.29) is 17.2 Å². The number of nitrogens with one attached hydrogen (secondary N) is 1. The summed E-state index contributed by atoms with van der Waals surface area (Å²) in [5, 5.41) is 0.512. The van der Waals surface area contributed by atoms with Crippen LogP contribution in [0, 0.1) is 6.92 Å². The van der Waals surface area contributed by atoms with Crippen molar-refractivity contribution in [3.63, 3.8) is 0 Å². The van der Waals surface area contributed by atoms with Crippen LogP contribution in [0.4, 0.5) is 5.69 Å². The second kappa shape index (κ2) is 6.58. The molecule has 0 aliphatic carbocycles. The molecule has 0 spiro atoms. The maximum atomic E-state index is 12.5. The summed E-state index contributed by atoms with van der Waals surface area (Å²) in [5.74, 6) is 0.310. The molecule has 1 aromatic carbocycles. The van der Waals surface area contributed by atoms with Gasteiger partial charge < -0.3 is 9.88 Å². The van der Waals surface area contributed by atoms with Crippen molar-refractivity contribution in [1.29, 1.82) is 0 Å². The van der Waals surface area contributed by atoms with Crippen molar-refractivity contribution < 1.29 is 4.79 Å². The number of benzene rings is 1. The van der Waals surface area contributed by atoms with Crippen LogP contribution in [-0.2, 0) is 17.6 Å². The molecule has 0 atom stereocenters. The van der Waals surface area contributed by atoms with Crippen molar-refractivity contribution in [2.45, 2.75) is 31.8 Å². The second-order valence-electron chi connectivity index (χ2n) is 5.51. The number of fused-ring (bicyclic) bond motifs is 1. The maximum Gasteiger partial charge on any atom is 0.254 e. The molecule has 0 bridgehead atoms. The summed E-state index contributed by atoms with van der Waals surface area (Å²) < 4.78 is 0. The highest BCUT2D eigenvalue weighted by atomic mass is 32.2. The summed E-state index contributed by atoms with van der Waals surface area (Å²) in [6.07, 6.45) is 1.60. The van der Waals surface area contributed by atoms with E-state index in [0.29, 0.717) is 17.1 Å². The van der Waals surface area contributed by atoms with Gasteiger partial charge in [0.1, 0.15) is 0 Å². The van der Waals surface area contributed by atoms with Crippen molar-refractivity contribution >= 4 is 23.4 Å². The van der Waals surface area contributed by atoms with E-state index < -0.39 is 0 Å². The van der Waals surface area contributed by atoms with E-state index in [9.17, 15) is 9.59 Å². The summed E-state index contributed by atoms with van der Waals surface area (Å²) in [6.45, 7) is 4.46. The molecule has 6 heteroatoms. The molecule has 5 nitrogen and oxygen atoms in total. The van der Waals surface area contributed by atoms with Crippen LogP contribution in [0.15, 0.2) is 34.2 Å². The van der Waals surface area contributed by atoms with Gasteiger partial charge in [-0.3, -0.25) is 9.59 Å². The molecule has 0 unspecified atom stereocenters. The molecule has 0 fully saturated rings. The Morgan fingerprint density at radius 2 is 2.17 bits per heavy atom. The largest absolute Gasteiger partial charge is 0.311 e. The Hall–Kier alpha value is -2.08. The zero-order chi connectivity index (χ0) is 16.4. The van der Waals surface area contributed by atoms with Crippen LogP contribution < -0.4 is 10.5 Å². The molecule has 23 heavy (non-hydrogen) atoms. The normalized spacial score (nSPS) is 13.2. The fraction of sp³-hybridized carbons (Fsp3) is 0.353. The number of hydrogen-bond donors (Lipinski definition) is 1. The Morgan fingerprint density at radius 1 is 1.39 bits per heavy atom. The van der Waals surface area contributed by atoms with Crippen LogP contribution in [0.2, 0.25) is 0 Å². The number of nitrogens with zero attached hydrogens (tertiary/aromatic N) is 2. The van der Waals surface area contributed by atoms with E-state index in [4.69, 9.17) is 0 Å². The van der Waals surface area contributed by atoms with E-state index in [0.717, 1.165) is 24.3 Å². The number of amides is 1. The average molecular weight is 329 g/mol. The molecule has 2 aromatic rings. The molecule has 0 saturated carbocycles.